The van der Waals surface area contributed by atoms with Gasteiger partial charge in [0.05, 0.1) is 0 Å². The SMILES string of the molecule is CC[C@@H](Oc1ccccc1C)C(=O)NC[C@@H](C)c1ccccc1. The molecular weight excluding hydrogens is 286 g/mol. The Morgan fingerprint density at radius 2 is 1.74 bits per heavy atom. The molecule has 2 rings (SSSR count). The molecule has 3 nitrogen and oxygen atoms in total. The van der Waals surface area contributed by atoms with Crippen LogP contribution in [0.2, 0.25) is 0 Å². The zero-order valence-corrected chi connectivity index (χ0v) is 14.1. The summed E-state index contributed by atoms with van der Waals surface area (Å²) in [6, 6.07) is 18.0. The Hall–Kier alpha value is -2.29. The van der Waals surface area contributed by atoms with Crippen molar-refractivity contribution in [3.63, 3.8) is 0 Å². The molecule has 1 amide bonds. The number of hydrogen-bond acceptors (Lipinski definition) is 2. The van der Waals surface area contributed by atoms with Gasteiger partial charge in [-0.15, -0.1) is 0 Å². The first kappa shape index (κ1) is 17.1. The van der Waals surface area contributed by atoms with E-state index in [-0.39, 0.29) is 11.8 Å². The van der Waals surface area contributed by atoms with Crippen LogP contribution in [0.3, 0.4) is 0 Å². The van der Waals surface area contributed by atoms with Gasteiger partial charge in [0.1, 0.15) is 5.75 Å². The van der Waals surface area contributed by atoms with Gasteiger partial charge < -0.3 is 10.1 Å². The van der Waals surface area contributed by atoms with Crippen molar-refractivity contribution in [1.82, 2.24) is 5.32 Å². The number of carbonyl (C=O) groups excluding carboxylic acids is 1. The third-order valence-electron chi connectivity index (χ3n) is 3.98. The van der Waals surface area contributed by atoms with Crippen molar-refractivity contribution in [2.75, 3.05) is 6.54 Å². The van der Waals surface area contributed by atoms with Crippen LogP contribution >= 0.6 is 0 Å². The lowest BCUT2D eigenvalue weighted by Gasteiger charge is -2.20. The minimum absolute atomic E-state index is 0.0569. The normalized spacial score (nSPS) is 13.2. The van der Waals surface area contributed by atoms with Crippen LogP contribution in [0.15, 0.2) is 54.6 Å². The highest BCUT2D eigenvalue weighted by Gasteiger charge is 2.19. The summed E-state index contributed by atoms with van der Waals surface area (Å²) in [6.07, 6.45) is 0.180. The molecule has 2 aromatic rings. The Morgan fingerprint density at radius 3 is 2.39 bits per heavy atom. The second kappa shape index (κ2) is 8.37. The van der Waals surface area contributed by atoms with Crippen LogP contribution < -0.4 is 10.1 Å². The Morgan fingerprint density at radius 1 is 1.09 bits per heavy atom. The van der Waals surface area contributed by atoms with Crippen LogP contribution in [-0.2, 0) is 4.79 Å². The van der Waals surface area contributed by atoms with Crippen LogP contribution in [0.5, 0.6) is 5.75 Å². The van der Waals surface area contributed by atoms with E-state index >= 15 is 0 Å². The van der Waals surface area contributed by atoms with E-state index in [1.807, 2.05) is 56.3 Å². The summed E-state index contributed by atoms with van der Waals surface area (Å²) in [5, 5.41) is 3.01. The summed E-state index contributed by atoms with van der Waals surface area (Å²) in [5.41, 5.74) is 2.26. The van der Waals surface area contributed by atoms with E-state index < -0.39 is 6.10 Å². The highest BCUT2D eigenvalue weighted by molar-refractivity contribution is 5.81. The molecular formula is C20H25NO2. The molecule has 0 aliphatic rings. The van der Waals surface area contributed by atoms with E-state index in [1.165, 1.54) is 5.56 Å². The number of carbonyl (C=O) groups is 1. The number of benzene rings is 2. The van der Waals surface area contributed by atoms with Crippen LogP contribution in [-0.4, -0.2) is 18.6 Å². The molecule has 0 saturated heterocycles. The molecule has 0 unspecified atom stereocenters. The van der Waals surface area contributed by atoms with Crippen LogP contribution in [0, 0.1) is 6.92 Å². The largest absolute Gasteiger partial charge is 0.480 e. The summed E-state index contributed by atoms with van der Waals surface area (Å²) >= 11 is 0. The summed E-state index contributed by atoms with van der Waals surface area (Å²) in [5.74, 6) is 0.986. The zero-order chi connectivity index (χ0) is 16.7. The number of amides is 1. The Bertz CT molecular complexity index is 625. The van der Waals surface area contributed by atoms with Crippen molar-refractivity contribution >= 4 is 5.91 Å². The smallest absolute Gasteiger partial charge is 0.261 e. The van der Waals surface area contributed by atoms with Gasteiger partial charge in [0.15, 0.2) is 6.10 Å². The predicted molar refractivity (Wildman–Crippen MR) is 93.8 cm³/mol. The molecule has 3 heteroatoms. The van der Waals surface area contributed by atoms with Crippen molar-refractivity contribution in [3.05, 3.63) is 65.7 Å². The maximum absolute atomic E-state index is 12.4. The Labute approximate surface area is 138 Å². The number of aryl methyl sites for hydroxylation is 1. The third kappa shape index (κ3) is 4.85. The first-order valence-corrected chi connectivity index (χ1v) is 8.16. The second-order valence-corrected chi connectivity index (χ2v) is 5.84. The fourth-order valence-electron chi connectivity index (χ4n) is 2.43. The van der Waals surface area contributed by atoms with E-state index in [9.17, 15) is 4.79 Å². The maximum Gasteiger partial charge on any atom is 0.261 e. The van der Waals surface area contributed by atoms with E-state index in [1.54, 1.807) is 0 Å². The number of para-hydroxylation sites is 1. The number of ether oxygens (including phenoxy) is 1. The van der Waals surface area contributed by atoms with Gasteiger partial charge in [0.25, 0.3) is 5.91 Å². The fourth-order valence-corrected chi connectivity index (χ4v) is 2.43. The molecule has 0 radical (unpaired) electrons. The molecule has 0 bridgehead atoms. The average Bonchev–Trinajstić information content (AvgIpc) is 2.59. The number of hydrogen-bond donors (Lipinski definition) is 1. The molecule has 0 aliphatic carbocycles. The van der Waals surface area contributed by atoms with Crippen molar-refractivity contribution in [3.8, 4) is 5.75 Å². The van der Waals surface area contributed by atoms with Crippen molar-refractivity contribution in [1.29, 1.82) is 0 Å². The van der Waals surface area contributed by atoms with Crippen molar-refractivity contribution < 1.29 is 9.53 Å². The number of nitrogens with one attached hydrogen (secondary N) is 1. The molecule has 122 valence electrons. The molecule has 0 aliphatic heterocycles. The summed E-state index contributed by atoms with van der Waals surface area (Å²) in [4.78, 5) is 12.4. The molecule has 2 aromatic carbocycles. The van der Waals surface area contributed by atoms with Crippen LogP contribution in [0.25, 0.3) is 0 Å². The molecule has 23 heavy (non-hydrogen) atoms. The van der Waals surface area contributed by atoms with Crippen LogP contribution in [0.4, 0.5) is 0 Å². The standard InChI is InChI=1S/C20H25NO2/c1-4-18(23-19-13-9-8-10-15(19)2)20(22)21-14-16(3)17-11-6-5-7-12-17/h5-13,16,18H,4,14H2,1-3H3,(H,21,22)/t16-,18-/m1/s1. The highest BCUT2D eigenvalue weighted by Crippen LogP contribution is 2.19. The van der Waals surface area contributed by atoms with Gasteiger partial charge >= 0.3 is 0 Å². The molecule has 0 fully saturated rings. The topological polar surface area (TPSA) is 38.3 Å². The summed E-state index contributed by atoms with van der Waals surface area (Å²) in [6.45, 7) is 6.66. The van der Waals surface area contributed by atoms with Gasteiger partial charge in [-0.1, -0.05) is 62.4 Å². The van der Waals surface area contributed by atoms with Gasteiger partial charge in [0.2, 0.25) is 0 Å². The number of rotatable bonds is 7. The Balaban J connectivity index is 1.91. The predicted octanol–water partition coefficient (Wildman–Crippen LogP) is 4.07. The molecule has 0 saturated carbocycles. The molecule has 2 atom stereocenters. The fraction of sp³-hybridized carbons (Fsp3) is 0.350. The lowest BCUT2D eigenvalue weighted by molar-refractivity contribution is -0.128. The maximum atomic E-state index is 12.4. The Kier molecular flexibility index (Phi) is 6.21. The molecule has 0 spiro atoms. The first-order valence-electron chi connectivity index (χ1n) is 8.16. The minimum Gasteiger partial charge on any atom is -0.480 e. The molecule has 0 heterocycles. The van der Waals surface area contributed by atoms with E-state index in [2.05, 4.69) is 24.4 Å². The van der Waals surface area contributed by atoms with E-state index in [4.69, 9.17) is 4.74 Å². The van der Waals surface area contributed by atoms with Gasteiger partial charge in [-0.25, -0.2) is 0 Å². The van der Waals surface area contributed by atoms with Crippen LogP contribution in [0.1, 0.15) is 37.3 Å². The molecule has 0 aromatic heterocycles. The van der Waals surface area contributed by atoms with E-state index in [0.29, 0.717) is 13.0 Å². The zero-order valence-electron chi connectivity index (χ0n) is 14.1. The summed E-state index contributed by atoms with van der Waals surface area (Å²) < 4.78 is 5.88. The molecule has 1 N–H and O–H groups in total. The quantitative estimate of drug-likeness (QED) is 0.837. The van der Waals surface area contributed by atoms with Gasteiger partial charge in [-0.2, -0.15) is 0 Å². The van der Waals surface area contributed by atoms with Gasteiger partial charge in [-0.05, 0) is 36.5 Å². The summed E-state index contributed by atoms with van der Waals surface area (Å²) in [7, 11) is 0. The highest BCUT2D eigenvalue weighted by atomic mass is 16.5. The first-order chi connectivity index (χ1) is 11.1. The van der Waals surface area contributed by atoms with Crippen molar-refractivity contribution in [2.45, 2.75) is 39.2 Å². The van der Waals surface area contributed by atoms with Gasteiger partial charge in [-0.3, -0.25) is 4.79 Å². The van der Waals surface area contributed by atoms with Gasteiger partial charge in [0, 0.05) is 6.54 Å². The lowest BCUT2D eigenvalue weighted by atomic mass is 10.0. The third-order valence-corrected chi connectivity index (χ3v) is 3.98. The minimum atomic E-state index is -0.459. The second-order valence-electron chi connectivity index (χ2n) is 5.84. The van der Waals surface area contributed by atoms with E-state index in [0.717, 1.165) is 11.3 Å². The van der Waals surface area contributed by atoms with Crippen molar-refractivity contribution in [2.24, 2.45) is 0 Å². The average molecular weight is 311 g/mol. The monoisotopic (exact) mass is 311 g/mol. The lowest BCUT2D eigenvalue weighted by Crippen LogP contribution is -2.39.